The smallest absolute Gasteiger partial charge is 0.241 e. The van der Waals surface area contributed by atoms with Crippen molar-refractivity contribution in [2.24, 2.45) is 11.1 Å². The summed E-state index contributed by atoms with van der Waals surface area (Å²) >= 11 is 1.58. The molecule has 0 aliphatic heterocycles. The van der Waals surface area contributed by atoms with Crippen molar-refractivity contribution < 1.29 is 9.53 Å². The predicted molar refractivity (Wildman–Crippen MR) is 103 cm³/mol. The van der Waals surface area contributed by atoms with Gasteiger partial charge in [-0.05, 0) is 20.3 Å². The molecule has 0 radical (unpaired) electrons. The molecule has 0 spiro atoms. The number of nitrogens with one attached hydrogen (secondary N) is 1. The summed E-state index contributed by atoms with van der Waals surface area (Å²) in [6.07, 6.45) is 1.40. The van der Waals surface area contributed by atoms with E-state index in [9.17, 15) is 4.79 Å². The lowest BCUT2D eigenvalue weighted by Gasteiger charge is -2.57. The summed E-state index contributed by atoms with van der Waals surface area (Å²) in [7, 11) is 0. The minimum atomic E-state index is -0.882. The van der Waals surface area contributed by atoms with Gasteiger partial charge in [-0.1, -0.05) is 20.8 Å². The molecule has 1 aliphatic carbocycles. The van der Waals surface area contributed by atoms with Gasteiger partial charge in [-0.3, -0.25) is 4.79 Å². The van der Waals surface area contributed by atoms with E-state index < -0.39 is 5.54 Å². The van der Waals surface area contributed by atoms with Crippen molar-refractivity contribution in [3.63, 3.8) is 0 Å². The van der Waals surface area contributed by atoms with E-state index in [1.165, 1.54) is 0 Å². The molecule has 1 amide bonds. The first-order valence-corrected chi connectivity index (χ1v) is 8.77. The maximum Gasteiger partial charge on any atom is 0.241 e. The van der Waals surface area contributed by atoms with Gasteiger partial charge in [-0.15, -0.1) is 36.2 Å². The molecule has 3 unspecified atom stereocenters. The number of hydrogen-bond donors (Lipinski definition) is 2. The molecule has 1 aromatic rings. The molecule has 0 bridgehead atoms. The number of ether oxygens (including phenoxy) is 1. The van der Waals surface area contributed by atoms with Crippen LogP contribution in [0.2, 0.25) is 0 Å². The maximum atomic E-state index is 12.7. The van der Waals surface area contributed by atoms with Crippen LogP contribution < -0.4 is 11.1 Å². The van der Waals surface area contributed by atoms with Gasteiger partial charge in [0.1, 0.15) is 10.5 Å². The predicted octanol–water partition coefficient (Wildman–Crippen LogP) is 3.39. The number of aromatic nitrogens is 1. The topological polar surface area (TPSA) is 77.2 Å². The molecule has 2 rings (SSSR count). The van der Waals surface area contributed by atoms with Crippen molar-refractivity contribution in [3.8, 4) is 0 Å². The van der Waals surface area contributed by atoms with Gasteiger partial charge in [-0.25, -0.2) is 4.98 Å². The standard InChI is InChI=1S/C16H27N3O2S.2ClH/c1-6-11(13-18-10(3)9-22-13)19-14(20)16(17)8-12(21-7-2)15(16,4)5;;/h9,11-12H,6-8,17H2,1-5H3,(H,19,20);2*1H. The third-order valence-electron chi connectivity index (χ3n) is 4.88. The summed E-state index contributed by atoms with van der Waals surface area (Å²) in [6, 6.07) is -0.0754. The summed E-state index contributed by atoms with van der Waals surface area (Å²) in [5, 5.41) is 6.03. The monoisotopic (exact) mass is 397 g/mol. The number of nitrogens with zero attached hydrogens (tertiary/aromatic N) is 1. The van der Waals surface area contributed by atoms with Crippen LogP contribution in [0.4, 0.5) is 0 Å². The number of aryl methyl sites for hydroxylation is 1. The number of amides is 1. The third-order valence-corrected chi connectivity index (χ3v) is 5.96. The van der Waals surface area contributed by atoms with Crippen molar-refractivity contribution in [2.45, 2.75) is 65.1 Å². The lowest BCUT2D eigenvalue weighted by Crippen LogP contribution is -2.75. The molecule has 0 aromatic carbocycles. The fourth-order valence-corrected chi connectivity index (χ4v) is 3.91. The van der Waals surface area contributed by atoms with E-state index in [4.69, 9.17) is 10.5 Å². The van der Waals surface area contributed by atoms with Crippen LogP contribution in [-0.4, -0.2) is 29.1 Å². The molecule has 1 heterocycles. The minimum absolute atomic E-state index is 0. The Labute approximate surface area is 161 Å². The molecular formula is C16H29Cl2N3O2S. The van der Waals surface area contributed by atoms with E-state index in [0.717, 1.165) is 17.1 Å². The van der Waals surface area contributed by atoms with E-state index in [-0.39, 0.29) is 48.3 Å². The fourth-order valence-electron chi connectivity index (χ4n) is 2.98. The highest BCUT2D eigenvalue weighted by Crippen LogP contribution is 2.50. The lowest BCUT2D eigenvalue weighted by atomic mass is 9.54. The van der Waals surface area contributed by atoms with Gasteiger partial charge in [0.05, 0.1) is 12.1 Å². The molecule has 24 heavy (non-hydrogen) atoms. The van der Waals surface area contributed by atoms with Crippen LogP contribution in [0.3, 0.4) is 0 Å². The van der Waals surface area contributed by atoms with Gasteiger partial charge in [0.2, 0.25) is 5.91 Å². The van der Waals surface area contributed by atoms with Crippen molar-refractivity contribution in [3.05, 3.63) is 16.1 Å². The average Bonchev–Trinajstić information content (AvgIpc) is 2.90. The summed E-state index contributed by atoms with van der Waals surface area (Å²) in [5.41, 5.74) is 6.15. The molecular weight excluding hydrogens is 369 g/mol. The Morgan fingerprint density at radius 2 is 2.12 bits per heavy atom. The molecule has 5 nitrogen and oxygen atoms in total. The molecule has 8 heteroatoms. The van der Waals surface area contributed by atoms with Gasteiger partial charge in [0.25, 0.3) is 0 Å². The van der Waals surface area contributed by atoms with Crippen LogP contribution in [0.1, 0.15) is 57.3 Å². The maximum absolute atomic E-state index is 12.7. The summed E-state index contributed by atoms with van der Waals surface area (Å²) in [6.45, 7) is 10.6. The lowest BCUT2D eigenvalue weighted by molar-refractivity contribution is -0.171. The highest BCUT2D eigenvalue weighted by Gasteiger charge is 2.63. The summed E-state index contributed by atoms with van der Waals surface area (Å²) < 4.78 is 5.69. The van der Waals surface area contributed by atoms with Crippen LogP contribution >= 0.6 is 36.2 Å². The molecule has 1 fully saturated rings. The molecule has 140 valence electrons. The second-order valence-electron chi connectivity index (χ2n) is 6.60. The van der Waals surface area contributed by atoms with E-state index in [1.54, 1.807) is 11.3 Å². The fraction of sp³-hybridized carbons (Fsp3) is 0.750. The SMILES string of the molecule is CCOC1CC(N)(C(=O)NC(CC)c2nc(C)cs2)C1(C)C.Cl.Cl. The molecule has 1 aromatic heterocycles. The highest BCUT2D eigenvalue weighted by molar-refractivity contribution is 7.09. The first-order valence-electron chi connectivity index (χ1n) is 7.89. The van der Waals surface area contributed by atoms with Gasteiger partial charge in [0.15, 0.2) is 0 Å². The van der Waals surface area contributed by atoms with E-state index in [0.29, 0.717) is 13.0 Å². The average molecular weight is 398 g/mol. The largest absolute Gasteiger partial charge is 0.378 e. The van der Waals surface area contributed by atoms with Crippen LogP contribution in [0.25, 0.3) is 0 Å². The van der Waals surface area contributed by atoms with Gasteiger partial charge < -0.3 is 15.8 Å². The van der Waals surface area contributed by atoms with Gasteiger partial charge >= 0.3 is 0 Å². The zero-order valence-corrected chi connectivity index (χ0v) is 17.4. The van der Waals surface area contributed by atoms with Crippen LogP contribution in [0.15, 0.2) is 5.38 Å². The molecule has 1 aliphatic rings. The number of hydrogen-bond acceptors (Lipinski definition) is 5. The molecule has 1 saturated carbocycles. The highest BCUT2D eigenvalue weighted by atomic mass is 35.5. The van der Waals surface area contributed by atoms with Gasteiger partial charge in [-0.2, -0.15) is 0 Å². The van der Waals surface area contributed by atoms with Crippen LogP contribution in [-0.2, 0) is 9.53 Å². The van der Waals surface area contributed by atoms with Crippen molar-refractivity contribution >= 4 is 42.1 Å². The third kappa shape index (κ3) is 4.05. The first-order chi connectivity index (χ1) is 10.3. The Morgan fingerprint density at radius 3 is 2.54 bits per heavy atom. The number of nitrogens with two attached hydrogens (primary N) is 1. The normalized spacial score (nSPS) is 25.7. The van der Waals surface area contributed by atoms with E-state index in [2.05, 4.69) is 10.3 Å². The zero-order chi connectivity index (χ0) is 16.5. The number of rotatable bonds is 6. The molecule has 3 atom stereocenters. The van der Waals surface area contributed by atoms with Crippen molar-refractivity contribution in [1.82, 2.24) is 10.3 Å². The summed E-state index contributed by atoms with van der Waals surface area (Å²) in [5.74, 6) is -0.104. The Bertz CT molecular complexity index is 553. The van der Waals surface area contributed by atoms with Crippen molar-refractivity contribution in [2.75, 3.05) is 6.61 Å². The summed E-state index contributed by atoms with van der Waals surface area (Å²) in [4.78, 5) is 17.2. The number of halogens is 2. The Hall–Kier alpha value is -0.400. The Morgan fingerprint density at radius 1 is 1.50 bits per heavy atom. The number of carbonyl (C=O) groups excluding carboxylic acids is 1. The Kier molecular flexibility index (Phi) is 8.66. The van der Waals surface area contributed by atoms with Crippen molar-refractivity contribution in [1.29, 1.82) is 0 Å². The van der Waals surface area contributed by atoms with Crippen LogP contribution in [0.5, 0.6) is 0 Å². The van der Waals surface area contributed by atoms with Crippen LogP contribution in [0, 0.1) is 12.3 Å². The van der Waals surface area contributed by atoms with Gasteiger partial charge in [0, 0.05) is 29.5 Å². The zero-order valence-electron chi connectivity index (χ0n) is 14.9. The van der Waals surface area contributed by atoms with E-state index in [1.807, 2.05) is 40.0 Å². The molecule has 0 saturated heterocycles. The Balaban J connectivity index is 0.00000264. The second kappa shape index (κ2) is 8.81. The first kappa shape index (κ1) is 23.6. The van der Waals surface area contributed by atoms with E-state index >= 15 is 0 Å². The number of carbonyl (C=O) groups is 1. The second-order valence-corrected chi connectivity index (χ2v) is 7.49. The molecule has 3 N–H and O–H groups in total. The minimum Gasteiger partial charge on any atom is -0.378 e. The number of thiazole rings is 1. The quantitative estimate of drug-likeness (QED) is 0.770.